The van der Waals surface area contributed by atoms with E-state index in [0.29, 0.717) is 5.95 Å². The SMILES string of the molecule is CCOC(=O)c1nc(N(C)C(C)(c2ccccc2)c2ccccc2)n(C)c(=O)c1OC. The highest BCUT2D eigenvalue weighted by molar-refractivity contribution is 5.90. The average molecular weight is 421 g/mol. The van der Waals surface area contributed by atoms with Crippen LogP contribution >= 0.6 is 0 Å². The number of aromatic nitrogens is 2. The molecular formula is C24H27N3O4. The standard InChI is InChI=1S/C24H27N3O4/c1-6-31-22(29)19-20(30-5)21(28)26(3)23(25-19)27(4)24(2,17-13-9-7-10-14-17)18-15-11-8-12-16-18/h7-16H,6H2,1-5H3. The predicted octanol–water partition coefficient (Wildman–Crippen LogP) is 3.37. The second-order valence-electron chi connectivity index (χ2n) is 7.24. The van der Waals surface area contributed by atoms with Crippen molar-refractivity contribution in [3.63, 3.8) is 0 Å². The molecule has 0 saturated heterocycles. The Labute approximate surface area is 181 Å². The van der Waals surface area contributed by atoms with Crippen molar-refractivity contribution in [1.29, 1.82) is 0 Å². The smallest absolute Gasteiger partial charge is 0.361 e. The Bertz CT molecular complexity index is 1070. The number of nitrogens with zero attached hydrogens (tertiary/aromatic N) is 3. The molecule has 0 aliphatic heterocycles. The van der Waals surface area contributed by atoms with Crippen LogP contribution in [0.5, 0.6) is 5.75 Å². The summed E-state index contributed by atoms with van der Waals surface area (Å²) in [6, 6.07) is 19.9. The van der Waals surface area contributed by atoms with Crippen molar-refractivity contribution < 1.29 is 14.3 Å². The zero-order valence-electron chi connectivity index (χ0n) is 18.5. The number of methoxy groups -OCH3 is 1. The normalized spacial score (nSPS) is 11.1. The van der Waals surface area contributed by atoms with Gasteiger partial charge in [-0.1, -0.05) is 60.7 Å². The van der Waals surface area contributed by atoms with E-state index in [-0.39, 0.29) is 18.1 Å². The lowest BCUT2D eigenvalue weighted by Crippen LogP contribution is -2.45. The maximum atomic E-state index is 13.0. The zero-order chi connectivity index (χ0) is 22.6. The van der Waals surface area contributed by atoms with Crippen LogP contribution in [0.2, 0.25) is 0 Å². The number of anilines is 1. The van der Waals surface area contributed by atoms with Gasteiger partial charge in [-0.3, -0.25) is 9.36 Å². The van der Waals surface area contributed by atoms with E-state index in [1.165, 1.54) is 11.7 Å². The molecule has 0 radical (unpaired) electrons. The molecule has 7 heteroatoms. The number of ether oxygens (including phenoxy) is 2. The Morgan fingerprint density at radius 1 is 1.06 bits per heavy atom. The van der Waals surface area contributed by atoms with E-state index in [0.717, 1.165) is 11.1 Å². The molecule has 31 heavy (non-hydrogen) atoms. The molecule has 0 fully saturated rings. The lowest BCUT2D eigenvalue weighted by atomic mass is 9.83. The fourth-order valence-electron chi connectivity index (χ4n) is 3.67. The summed E-state index contributed by atoms with van der Waals surface area (Å²) in [4.78, 5) is 32.0. The van der Waals surface area contributed by atoms with Gasteiger partial charge in [-0.15, -0.1) is 0 Å². The molecule has 1 aromatic heterocycles. The summed E-state index contributed by atoms with van der Waals surface area (Å²) in [6.07, 6.45) is 0. The maximum Gasteiger partial charge on any atom is 0.361 e. The van der Waals surface area contributed by atoms with Crippen LogP contribution in [-0.4, -0.2) is 36.3 Å². The summed E-state index contributed by atoms with van der Waals surface area (Å²) in [7, 11) is 4.79. The van der Waals surface area contributed by atoms with Crippen LogP contribution in [0.15, 0.2) is 65.5 Å². The molecule has 0 bridgehead atoms. The predicted molar refractivity (Wildman–Crippen MR) is 120 cm³/mol. The average Bonchev–Trinajstić information content (AvgIpc) is 2.81. The minimum Gasteiger partial charge on any atom is -0.489 e. The molecule has 2 aromatic carbocycles. The van der Waals surface area contributed by atoms with Crippen molar-refractivity contribution in [3.05, 3.63) is 87.8 Å². The molecule has 162 valence electrons. The number of hydrogen-bond donors (Lipinski definition) is 0. The molecule has 0 N–H and O–H groups in total. The first kappa shape index (κ1) is 22.1. The van der Waals surface area contributed by atoms with Crippen LogP contribution in [0.3, 0.4) is 0 Å². The number of benzene rings is 2. The Morgan fingerprint density at radius 3 is 2.03 bits per heavy atom. The third-order valence-electron chi connectivity index (χ3n) is 5.54. The first-order chi connectivity index (χ1) is 14.9. The first-order valence-electron chi connectivity index (χ1n) is 10.0. The van der Waals surface area contributed by atoms with Gasteiger partial charge in [0.2, 0.25) is 11.7 Å². The molecule has 7 nitrogen and oxygen atoms in total. The molecule has 3 rings (SSSR count). The minimum atomic E-state index is -0.701. The van der Waals surface area contributed by atoms with Crippen molar-refractivity contribution in [3.8, 4) is 5.75 Å². The van der Waals surface area contributed by atoms with E-state index in [4.69, 9.17) is 9.47 Å². The number of hydrogen-bond acceptors (Lipinski definition) is 6. The number of esters is 1. The van der Waals surface area contributed by atoms with Gasteiger partial charge in [0.1, 0.15) is 0 Å². The first-order valence-corrected chi connectivity index (χ1v) is 10.0. The fraction of sp³-hybridized carbons (Fsp3) is 0.292. The third-order valence-corrected chi connectivity index (χ3v) is 5.54. The van der Waals surface area contributed by atoms with Crippen molar-refractivity contribution in [2.24, 2.45) is 7.05 Å². The van der Waals surface area contributed by atoms with Crippen molar-refractivity contribution in [2.45, 2.75) is 19.4 Å². The van der Waals surface area contributed by atoms with Crippen molar-refractivity contribution in [1.82, 2.24) is 9.55 Å². The molecule has 0 aliphatic rings. The van der Waals surface area contributed by atoms with E-state index in [1.54, 1.807) is 14.0 Å². The fourth-order valence-corrected chi connectivity index (χ4v) is 3.67. The molecule has 0 unspecified atom stereocenters. The summed E-state index contributed by atoms with van der Waals surface area (Å²) in [5, 5.41) is 0. The summed E-state index contributed by atoms with van der Waals surface area (Å²) in [6.45, 7) is 3.91. The van der Waals surface area contributed by atoms with Crippen LogP contribution < -0.4 is 15.2 Å². The zero-order valence-corrected chi connectivity index (χ0v) is 18.5. The summed E-state index contributed by atoms with van der Waals surface area (Å²) in [5.41, 5.74) is 0.724. The van der Waals surface area contributed by atoms with Gasteiger partial charge < -0.3 is 14.4 Å². The maximum absolute atomic E-state index is 13.0. The van der Waals surface area contributed by atoms with Gasteiger partial charge in [-0.2, -0.15) is 0 Å². The van der Waals surface area contributed by atoms with Gasteiger partial charge in [0.15, 0.2) is 5.69 Å². The Hall–Kier alpha value is -3.61. The number of carbonyl (C=O) groups excluding carboxylic acids is 1. The highest BCUT2D eigenvalue weighted by Crippen LogP contribution is 2.37. The van der Waals surface area contributed by atoms with Crippen LogP contribution in [0.25, 0.3) is 0 Å². The van der Waals surface area contributed by atoms with Gasteiger partial charge in [0.05, 0.1) is 19.3 Å². The van der Waals surface area contributed by atoms with Gasteiger partial charge >= 0.3 is 5.97 Å². The number of carbonyl (C=O) groups is 1. The Kier molecular flexibility index (Phi) is 6.44. The molecule has 0 saturated carbocycles. The Morgan fingerprint density at radius 2 is 1.58 bits per heavy atom. The summed E-state index contributed by atoms with van der Waals surface area (Å²) < 4.78 is 11.7. The monoisotopic (exact) mass is 421 g/mol. The minimum absolute atomic E-state index is 0.140. The quantitative estimate of drug-likeness (QED) is 0.545. The molecule has 0 spiro atoms. The van der Waals surface area contributed by atoms with E-state index in [9.17, 15) is 9.59 Å². The van der Waals surface area contributed by atoms with E-state index < -0.39 is 17.1 Å². The van der Waals surface area contributed by atoms with Gasteiger partial charge in [-0.25, -0.2) is 9.78 Å². The van der Waals surface area contributed by atoms with Crippen molar-refractivity contribution >= 4 is 11.9 Å². The second-order valence-corrected chi connectivity index (χ2v) is 7.24. The molecule has 3 aromatic rings. The van der Waals surface area contributed by atoms with E-state index in [2.05, 4.69) is 11.9 Å². The van der Waals surface area contributed by atoms with Crippen LogP contribution in [0.1, 0.15) is 35.5 Å². The molecule has 0 amide bonds. The second kappa shape index (κ2) is 9.04. The molecule has 0 atom stereocenters. The number of rotatable bonds is 7. The van der Waals surface area contributed by atoms with Crippen LogP contribution in [0.4, 0.5) is 5.95 Å². The lowest BCUT2D eigenvalue weighted by Gasteiger charge is -2.41. The highest BCUT2D eigenvalue weighted by atomic mass is 16.5. The summed E-state index contributed by atoms with van der Waals surface area (Å²) >= 11 is 0. The van der Waals surface area contributed by atoms with E-state index >= 15 is 0 Å². The topological polar surface area (TPSA) is 73.7 Å². The molecular weight excluding hydrogens is 394 g/mol. The van der Waals surface area contributed by atoms with Crippen molar-refractivity contribution in [2.75, 3.05) is 25.7 Å². The van der Waals surface area contributed by atoms with Gasteiger partial charge in [0.25, 0.3) is 5.56 Å². The van der Waals surface area contributed by atoms with Gasteiger partial charge in [0, 0.05) is 14.1 Å². The molecule has 0 aliphatic carbocycles. The Balaban J connectivity index is 2.27. The van der Waals surface area contributed by atoms with E-state index in [1.807, 2.05) is 72.6 Å². The lowest BCUT2D eigenvalue weighted by molar-refractivity contribution is 0.0514. The summed E-state index contributed by atoms with van der Waals surface area (Å²) in [5.74, 6) is -0.531. The van der Waals surface area contributed by atoms with Crippen LogP contribution in [-0.2, 0) is 17.3 Å². The van der Waals surface area contributed by atoms with Gasteiger partial charge in [-0.05, 0) is 25.0 Å². The molecule has 1 heterocycles. The third kappa shape index (κ3) is 3.91. The highest BCUT2D eigenvalue weighted by Gasteiger charge is 2.36. The largest absolute Gasteiger partial charge is 0.489 e. The van der Waals surface area contributed by atoms with Crippen LogP contribution in [0, 0.1) is 0 Å².